The molecule has 2 aliphatic carbocycles. The Bertz CT molecular complexity index is 659. The van der Waals surface area contributed by atoms with Crippen molar-refractivity contribution in [1.29, 1.82) is 0 Å². The Kier molecular flexibility index (Phi) is 3.09. The van der Waals surface area contributed by atoms with Crippen LogP contribution in [0.25, 0.3) is 11.1 Å². The van der Waals surface area contributed by atoms with E-state index < -0.39 is 5.60 Å². The molecular formula is C19H19ClO. The van der Waals surface area contributed by atoms with Gasteiger partial charge in [-0.15, -0.1) is 0 Å². The molecule has 2 aliphatic rings. The number of benzene rings is 2. The molecule has 0 radical (unpaired) electrons. The monoisotopic (exact) mass is 298 g/mol. The van der Waals surface area contributed by atoms with Crippen LogP contribution < -0.4 is 0 Å². The van der Waals surface area contributed by atoms with Crippen LogP contribution in [0.3, 0.4) is 0 Å². The van der Waals surface area contributed by atoms with Gasteiger partial charge in [-0.25, -0.2) is 0 Å². The first-order chi connectivity index (χ1) is 10.2. The second-order valence-corrected chi connectivity index (χ2v) is 6.81. The fourth-order valence-electron chi connectivity index (χ4n) is 4.49. The number of rotatable bonds is 2. The Morgan fingerprint density at radius 1 is 0.810 bits per heavy atom. The highest BCUT2D eigenvalue weighted by Gasteiger charge is 2.54. The number of hydrogen-bond donors (Lipinski definition) is 1. The first kappa shape index (κ1) is 13.4. The van der Waals surface area contributed by atoms with Crippen molar-refractivity contribution < 1.29 is 5.11 Å². The molecular weight excluding hydrogens is 280 g/mol. The lowest BCUT2D eigenvalue weighted by Gasteiger charge is -2.31. The lowest BCUT2D eigenvalue weighted by Crippen LogP contribution is -2.31. The molecule has 108 valence electrons. The van der Waals surface area contributed by atoms with E-state index in [0.717, 1.165) is 47.4 Å². The van der Waals surface area contributed by atoms with Crippen LogP contribution >= 0.6 is 11.6 Å². The topological polar surface area (TPSA) is 20.2 Å². The molecule has 2 aromatic carbocycles. The van der Waals surface area contributed by atoms with E-state index in [1.165, 1.54) is 0 Å². The van der Waals surface area contributed by atoms with Crippen molar-refractivity contribution in [3.8, 4) is 11.1 Å². The normalized spacial score (nSPS) is 30.8. The predicted octanol–water partition coefficient (Wildman–Crippen LogP) is 5.01. The van der Waals surface area contributed by atoms with E-state index in [-0.39, 0.29) is 0 Å². The summed E-state index contributed by atoms with van der Waals surface area (Å²) in [6.07, 6.45) is 4.60. The summed E-state index contributed by atoms with van der Waals surface area (Å²) < 4.78 is 0. The van der Waals surface area contributed by atoms with Crippen LogP contribution in [-0.2, 0) is 5.60 Å². The summed E-state index contributed by atoms with van der Waals surface area (Å²) in [6, 6.07) is 16.2. The molecule has 0 aromatic heterocycles. The fourth-order valence-corrected chi connectivity index (χ4v) is 4.73. The van der Waals surface area contributed by atoms with Gasteiger partial charge in [0.15, 0.2) is 0 Å². The average molecular weight is 299 g/mol. The van der Waals surface area contributed by atoms with E-state index in [2.05, 4.69) is 12.1 Å². The minimum Gasteiger partial charge on any atom is -0.385 e. The van der Waals surface area contributed by atoms with Crippen LogP contribution in [0.2, 0.25) is 5.02 Å². The maximum atomic E-state index is 11.5. The van der Waals surface area contributed by atoms with E-state index in [9.17, 15) is 5.11 Å². The minimum absolute atomic E-state index is 0.408. The van der Waals surface area contributed by atoms with Crippen molar-refractivity contribution >= 4 is 11.6 Å². The molecule has 0 heterocycles. The lowest BCUT2D eigenvalue weighted by molar-refractivity contribution is -0.00965. The van der Waals surface area contributed by atoms with Crippen molar-refractivity contribution in [3.63, 3.8) is 0 Å². The predicted molar refractivity (Wildman–Crippen MR) is 86.2 cm³/mol. The van der Waals surface area contributed by atoms with Crippen molar-refractivity contribution in [2.45, 2.75) is 31.3 Å². The summed E-state index contributed by atoms with van der Waals surface area (Å²) in [4.78, 5) is 0. The largest absolute Gasteiger partial charge is 0.385 e. The van der Waals surface area contributed by atoms with Gasteiger partial charge in [0.2, 0.25) is 0 Å². The number of aliphatic hydroxyl groups is 1. The molecule has 1 nitrogen and oxygen atoms in total. The van der Waals surface area contributed by atoms with Crippen molar-refractivity contribution in [1.82, 2.24) is 0 Å². The minimum atomic E-state index is -0.657. The van der Waals surface area contributed by atoms with Crippen LogP contribution in [0.5, 0.6) is 0 Å². The molecule has 1 N–H and O–H groups in total. The zero-order valence-electron chi connectivity index (χ0n) is 11.9. The fraction of sp³-hybridized carbons (Fsp3) is 0.368. The zero-order valence-corrected chi connectivity index (χ0v) is 12.7. The van der Waals surface area contributed by atoms with Crippen molar-refractivity contribution in [2.24, 2.45) is 11.8 Å². The third kappa shape index (κ3) is 1.88. The maximum absolute atomic E-state index is 11.5. The third-order valence-corrected chi connectivity index (χ3v) is 5.82. The molecule has 2 saturated carbocycles. The summed E-state index contributed by atoms with van der Waals surface area (Å²) in [6.45, 7) is 0. The van der Waals surface area contributed by atoms with Gasteiger partial charge in [0, 0.05) is 10.6 Å². The van der Waals surface area contributed by atoms with Gasteiger partial charge in [0.25, 0.3) is 0 Å². The quantitative estimate of drug-likeness (QED) is 0.826. The molecule has 2 aromatic rings. The molecule has 0 unspecified atom stereocenters. The van der Waals surface area contributed by atoms with E-state index >= 15 is 0 Å². The number of halogens is 1. The molecule has 0 aliphatic heterocycles. The maximum Gasteiger partial charge on any atom is 0.0958 e. The van der Waals surface area contributed by atoms with E-state index in [1.54, 1.807) is 0 Å². The van der Waals surface area contributed by atoms with Crippen LogP contribution in [0.4, 0.5) is 0 Å². The van der Waals surface area contributed by atoms with Crippen molar-refractivity contribution in [3.05, 3.63) is 59.1 Å². The second-order valence-electron chi connectivity index (χ2n) is 6.40. The highest BCUT2D eigenvalue weighted by atomic mass is 35.5. The molecule has 2 heteroatoms. The van der Waals surface area contributed by atoms with Gasteiger partial charge < -0.3 is 5.11 Å². The molecule has 2 bridgehead atoms. The Balaban J connectivity index is 1.90. The molecule has 4 rings (SSSR count). The molecule has 0 saturated heterocycles. The van der Waals surface area contributed by atoms with Gasteiger partial charge in [-0.2, -0.15) is 0 Å². The summed E-state index contributed by atoms with van der Waals surface area (Å²) in [5.74, 6) is 0.817. The van der Waals surface area contributed by atoms with Gasteiger partial charge in [-0.3, -0.25) is 0 Å². The van der Waals surface area contributed by atoms with Gasteiger partial charge in [-0.1, -0.05) is 54.1 Å². The van der Waals surface area contributed by atoms with Crippen LogP contribution in [0, 0.1) is 11.8 Å². The first-order valence-electron chi connectivity index (χ1n) is 7.78. The summed E-state index contributed by atoms with van der Waals surface area (Å²) in [5, 5.41) is 12.2. The van der Waals surface area contributed by atoms with E-state index in [0.29, 0.717) is 11.8 Å². The SMILES string of the molecule is OC1(c2ccccc2-c2ccccc2Cl)C2CCC1CC2. The van der Waals surface area contributed by atoms with Crippen LogP contribution in [0.1, 0.15) is 31.2 Å². The standard InChI is InChI=1S/C19H19ClO/c20-18-8-4-2-6-16(18)15-5-1-3-7-17(15)19(21)13-9-10-14(19)12-11-13/h1-8,13-14,21H,9-12H2. The summed E-state index contributed by atoms with van der Waals surface area (Å²) in [7, 11) is 0. The van der Waals surface area contributed by atoms with Gasteiger partial charge >= 0.3 is 0 Å². The van der Waals surface area contributed by atoms with Gasteiger partial charge in [0.05, 0.1) is 5.60 Å². The zero-order chi connectivity index (χ0) is 14.4. The van der Waals surface area contributed by atoms with Crippen molar-refractivity contribution in [2.75, 3.05) is 0 Å². The Morgan fingerprint density at radius 2 is 1.33 bits per heavy atom. The lowest BCUT2D eigenvalue weighted by atomic mass is 9.80. The second kappa shape index (κ2) is 4.86. The average Bonchev–Trinajstić information content (AvgIpc) is 3.02. The number of hydrogen-bond acceptors (Lipinski definition) is 1. The van der Waals surface area contributed by atoms with Gasteiger partial charge in [-0.05, 0) is 54.7 Å². The van der Waals surface area contributed by atoms with E-state index in [1.807, 2.05) is 36.4 Å². The van der Waals surface area contributed by atoms with Crippen LogP contribution in [-0.4, -0.2) is 5.11 Å². The highest BCUT2D eigenvalue weighted by molar-refractivity contribution is 6.33. The molecule has 0 atom stereocenters. The molecule has 2 fully saturated rings. The smallest absolute Gasteiger partial charge is 0.0958 e. The Labute approximate surface area is 130 Å². The first-order valence-corrected chi connectivity index (χ1v) is 8.16. The highest BCUT2D eigenvalue weighted by Crippen LogP contribution is 2.58. The molecule has 21 heavy (non-hydrogen) atoms. The summed E-state index contributed by atoms with van der Waals surface area (Å²) in [5.41, 5.74) is 2.53. The third-order valence-electron chi connectivity index (χ3n) is 5.49. The number of fused-ring (bicyclic) bond motifs is 2. The summed E-state index contributed by atoms with van der Waals surface area (Å²) >= 11 is 6.39. The Morgan fingerprint density at radius 3 is 1.95 bits per heavy atom. The van der Waals surface area contributed by atoms with Gasteiger partial charge in [0.1, 0.15) is 0 Å². The molecule has 0 amide bonds. The Hall–Kier alpha value is -1.31. The van der Waals surface area contributed by atoms with E-state index in [4.69, 9.17) is 11.6 Å². The van der Waals surface area contributed by atoms with Crippen LogP contribution in [0.15, 0.2) is 48.5 Å². The molecule has 0 spiro atoms.